The van der Waals surface area contributed by atoms with Gasteiger partial charge in [0.05, 0.1) is 0 Å². The Hall–Kier alpha value is -1.87. The summed E-state index contributed by atoms with van der Waals surface area (Å²) in [4.78, 5) is 0. The normalized spacial score (nSPS) is 10.5. The van der Waals surface area contributed by atoms with Crippen molar-refractivity contribution < 1.29 is 4.39 Å². The molecule has 2 rings (SSSR count). The van der Waals surface area contributed by atoms with Crippen LogP contribution in [0.5, 0.6) is 0 Å². The van der Waals surface area contributed by atoms with Crippen molar-refractivity contribution in [2.45, 2.75) is 20.3 Å². The molecule has 0 saturated carbocycles. The predicted molar refractivity (Wildman–Crippen MR) is 78.4 cm³/mol. The maximum absolute atomic E-state index is 13.3. The molecule has 0 fully saturated rings. The highest BCUT2D eigenvalue weighted by Gasteiger charge is 2.05. The standard InChI is InChI=1S/C16H19FN2/c1-11-3-5-15(12(2)9-11)19-16-6-4-14(17)10-13(16)7-8-18/h3-6,9-10,19H,7-8,18H2,1-2H3. The average molecular weight is 258 g/mol. The van der Waals surface area contributed by atoms with E-state index in [0.29, 0.717) is 13.0 Å². The maximum Gasteiger partial charge on any atom is 0.123 e. The van der Waals surface area contributed by atoms with Crippen molar-refractivity contribution in [3.05, 3.63) is 58.9 Å². The largest absolute Gasteiger partial charge is 0.355 e. The molecule has 3 N–H and O–H groups in total. The molecular weight excluding hydrogens is 239 g/mol. The lowest BCUT2D eigenvalue weighted by Gasteiger charge is -2.14. The molecule has 0 radical (unpaired) electrons. The first kappa shape index (κ1) is 13.6. The van der Waals surface area contributed by atoms with Crippen molar-refractivity contribution in [1.29, 1.82) is 0 Å². The van der Waals surface area contributed by atoms with Crippen molar-refractivity contribution in [3.63, 3.8) is 0 Å². The predicted octanol–water partition coefficient (Wildman–Crippen LogP) is 3.69. The van der Waals surface area contributed by atoms with Crippen molar-refractivity contribution >= 4 is 11.4 Å². The van der Waals surface area contributed by atoms with E-state index in [1.54, 1.807) is 12.1 Å². The Labute approximate surface area is 113 Å². The van der Waals surface area contributed by atoms with Crippen molar-refractivity contribution in [2.75, 3.05) is 11.9 Å². The van der Waals surface area contributed by atoms with Gasteiger partial charge in [0.25, 0.3) is 0 Å². The molecule has 19 heavy (non-hydrogen) atoms. The van der Waals surface area contributed by atoms with Crippen LogP contribution in [0, 0.1) is 19.7 Å². The second-order valence-corrected chi connectivity index (χ2v) is 4.78. The molecule has 0 heterocycles. The van der Waals surface area contributed by atoms with E-state index < -0.39 is 0 Å². The summed E-state index contributed by atoms with van der Waals surface area (Å²) in [6, 6.07) is 11.0. The first-order valence-corrected chi connectivity index (χ1v) is 6.43. The molecule has 0 spiro atoms. The fraction of sp³-hybridized carbons (Fsp3) is 0.250. The maximum atomic E-state index is 13.3. The Morgan fingerprint density at radius 1 is 1.05 bits per heavy atom. The summed E-state index contributed by atoms with van der Waals surface area (Å²) < 4.78 is 13.3. The van der Waals surface area contributed by atoms with Gasteiger partial charge in [-0.15, -0.1) is 0 Å². The second kappa shape index (κ2) is 5.85. The highest BCUT2D eigenvalue weighted by atomic mass is 19.1. The van der Waals surface area contributed by atoms with Crippen molar-refractivity contribution in [3.8, 4) is 0 Å². The Morgan fingerprint density at radius 2 is 1.79 bits per heavy atom. The number of nitrogens with one attached hydrogen (secondary N) is 1. The molecule has 0 unspecified atom stereocenters. The van der Waals surface area contributed by atoms with Crippen molar-refractivity contribution in [2.24, 2.45) is 5.73 Å². The number of nitrogens with two attached hydrogens (primary N) is 1. The average Bonchev–Trinajstić information content (AvgIpc) is 2.36. The van der Waals surface area contributed by atoms with Crippen LogP contribution in [0.1, 0.15) is 16.7 Å². The summed E-state index contributed by atoms with van der Waals surface area (Å²) >= 11 is 0. The summed E-state index contributed by atoms with van der Waals surface area (Å²) in [5.74, 6) is -0.227. The minimum atomic E-state index is -0.227. The number of halogens is 1. The zero-order chi connectivity index (χ0) is 13.8. The third-order valence-electron chi connectivity index (χ3n) is 3.13. The van der Waals surface area contributed by atoms with Crippen LogP contribution in [0.3, 0.4) is 0 Å². The molecule has 0 amide bonds. The monoisotopic (exact) mass is 258 g/mol. The topological polar surface area (TPSA) is 38.0 Å². The summed E-state index contributed by atoms with van der Waals surface area (Å²) in [7, 11) is 0. The number of hydrogen-bond acceptors (Lipinski definition) is 2. The Kier molecular flexibility index (Phi) is 4.17. The third-order valence-corrected chi connectivity index (χ3v) is 3.13. The van der Waals surface area contributed by atoms with E-state index in [4.69, 9.17) is 5.73 Å². The van der Waals surface area contributed by atoms with Crippen LogP contribution in [0.4, 0.5) is 15.8 Å². The molecule has 100 valence electrons. The van der Waals surface area contributed by atoms with E-state index in [0.717, 1.165) is 16.9 Å². The number of hydrogen-bond donors (Lipinski definition) is 2. The van der Waals surface area contributed by atoms with E-state index in [1.165, 1.54) is 17.2 Å². The first-order valence-electron chi connectivity index (χ1n) is 6.43. The summed E-state index contributed by atoms with van der Waals surface area (Å²) in [6.45, 7) is 4.63. The van der Waals surface area contributed by atoms with E-state index in [-0.39, 0.29) is 5.82 Å². The van der Waals surface area contributed by atoms with Gasteiger partial charge in [-0.1, -0.05) is 17.7 Å². The van der Waals surface area contributed by atoms with Gasteiger partial charge >= 0.3 is 0 Å². The zero-order valence-electron chi connectivity index (χ0n) is 11.3. The number of anilines is 2. The Balaban J connectivity index is 2.32. The molecule has 0 aliphatic rings. The van der Waals surface area contributed by atoms with E-state index >= 15 is 0 Å². The van der Waals surface area contributed by atoms with Gasteiger partial charge in [0.1, 0.15) is 5.82 Å². The number of rotatable bonds is 4. The zero-order valence-corrected chi connectivity index (χ0v) is 11.3. The van der Waals surface area contributed by atoms with Gasteiger partial charge in [0.15, 0.2) is 0 Å². The molecule has 0 aliphatic carbocycles. The molecule has 0 aliphatic heterocycles. The second-order valence-electron chi connectivity index (χ2n) is 4.78. The lowest BCUT2D eigenvalue weighted by Crippen LogP contribution is -2.06. The van der Waals surface area contributed by atoms with Crippen LogP contribution in [-0.4, -0.2) is 6.54 Å². The Morgan fingerprint density at radius 3 is 2.47 bits per heavy atom. The van der Waals surface area contributed by atoms with Gasteiger partial charge in [0, 0.05) is 11.4 Å². The Bertz CT molecular complexity index is 579. The lowest BCUT2D eigenvalue weighted by atomic mass is 10.1. The van der Waals surface area contributed by atoms with Crippen LogP contribution in [0.2, 0.25) is 0 Å². The van der Waals surface area contributed by atoms with Gasteiger partial charge in [-0.2, -0.15) is 0 Å². The van der Waals surface area contributed by atoms with Gasteiger partial charge in [0.2, 0.25) is 0 Å². The smallest absolute Gasteiger partial charge is 0.123 e. The molecular formula is C16H19FN2. The van der Waals surface area contributed by atoms with Gasteiger partial charge in [-0.3, -0.25) is 0 Å². The number of aryl methyl sites for hydroxylation is 2. The quantitative estimate of drug-likeness (QED) is 0.877. The fourth-order valence-electron chi connectivity index (χ4n) is 2.15. The highest BCUT2D eigenvalue weighted by Crippen LogP contribution is 2.25. The summed E-state index contributed by atoms with van der Waals surface area (Å²) in [6.07, 6.45) is 0.658. The minimum Gasteiger partial charge on any atom is -0.355 e. The lowest BCUT2D eigenvalue weighted by molar-refractivity contribution is 0.625. The molecule has 3 heteroatoms. The van der Waals surface area contributed by atoms with Crippen LogP contribution >= 0.6 is 0 Å². The van der Waals surface area contributed by atoms with Crippen LogP contribution in [0.15, 0.2) is 36.4 Å². The molecule has 0 atom stereocenters. The highest BCUT2D eigenvalue weighted by molar-refractivity contribution is 5.66. The van der Waals surface area contributed by atoms with Gasteiger partial charge < -0.3 is 11.1 Å². The van der Waals surface area contributed by atoms with Crippen LogP contribution in [0.25, 0.3) is 0 Å². The van der Waals surface area contributed by atoms with Gasteiger partial charge in [-0.05, 0) is 62.2 Å². The summed E-state index contributed by atoms with van der Waals surface area (Å²) in [5, 5.41) is 3.36. The van der Waals surface area contributed by atoms with Crippen molar-refractivity contribution in [1.82, 2.24) is 0 Å². The number of benzene rings is 2. The molecule has 0 bridgehead atoms. The SMILES string of the molecule is Cc1ccc(Nc2ccc(F)cc2CCN)c(C)c1. The van der Waals surface area contributed by atoms with Crippen LogP contribution in [-0.2, 0) is 6.42 Å². The molecule has 2 nitrogen and oxygen atoms in total. The van der Waals surface area contributed by atoms with Crippen LogP contribution < -0.4 is 11.1 Å². The fourth-order valence-corrected chi connectivity index (χ4v) is 2.15. The molecule has 0 aromatic heterocycles. The van der Waals surface area contributed by atoms with E-state index in [2.05, 4.69) is 31.3 Å². The molecule has 2 aromatic rings. The first-order chi connectivity index (χ1) is 9.10. The third kappa shape index (κ3) is 3.32. The molecule has 0 saturated heterocycles. The summed E-state index contributed by atoms with van der Waals surface area (Å²) in [5.41, 5.74) is 10.8. The minimum absolute atomic E-state index is 0.227. The van der Waals surface area contributed by atoms with Gasteiger partial charge in [-0.25, -0.2) is 4.39 Å². The van der Waals surface area contributed by atoms with E-state index in [1.807, 2.05) is 6.07 Å². The molecule has 2 aromatic carbocycles. The van der Waals surface area contributed by atoms with E-state index in [9.17, 15) is 4.39 Å².